The molecule has 0 saturated heterocycles. The van der Waals surface area contributed by atoms with Gasteiger partial charge >= 0.3 is 0 Å². The fourth-order valence-corrected chi connectivity index (χ4v) is 2.68. The molecule has 2 aromatic rings. The summed E-state index contributed by atoms with van der Waals surface area (Å²) in [5.74, 6) is 0.301. The number of amides is 1. The number of ether oxygens (including phenoxy) is 1. The van der Waals surface area contributed by atoms with E-state index in [1.165, 1.54) is 5.01 Å². The summed E-state index contributed by atoms with van der Waals surface area (Å²) in [4.78, 5) is 12.8. The van der Waals surface area contributed by atoms with Crippen LogP contribution in [0.25, 0.3) is 6.08 Å². The maximum Gasteiger partial charge on any atom is 0.280 e. The number of carbonyl (C=O) groups is 1. The molecule has 3 rings (SSSR count). The lowest BCUT2D eigenvalue weighted by atomic mass is 10.1. The van der Waals surface area contributed by atoms with Gasteiger partial charge in [-0.1, -0.05) is 18.2 Å². The van der Waals surface area contributed by atoms with Gasteiger partial charge in [-0.2, -0.15) is 10.1 Å². The van der Waals surface area contributed by atoms with Crippen LogP contribution in [0, 0.1) is 6.92 Å². The number of aryl methyl sites for hydroxylation is 1. The number of hydrogen-bond acceptors (Lipinski definition) is 4. The number of anilines is 1. The average Bonchev–Trinajstić information content (AvgIpc) is 2.86. The summed E-state index contributed by atoms with van der Waals surface area (Å²) < 4.78 is 5.39. The standard InChI is InChI=1S/C20H20N2O3/c1-4-25-19-12-15(8-9-18(19)23)11-17-14(3)21-22(20(17)24)16-7-5-6-13(2)10-16/h5-12,23H,4H2,1-3H3/b17-11-. The first-order valence-electron chi connectivity index (χ1n) is 8.14. The highest BCUT2D eigenvalue weighted by atomic mass is 16.5. The predicted octanol–water partition coefficient (Wildman–Crippen LogP) is 3.91. The van der Waals surface area contributed by atoms with Crippen LogP contribution in [0.4, 0.5) is 5.69 Å². The summed E-state index contributed by atoms with van der Waals surface area (Å²) in [6, 6.07) is 12.7. The summed E-state index contributed by atoms with van der Waals surface area (Å²) in [5, 5.41) is 15.6. The zero-order chi connectivity index (χ0) is 18.0. The first-order chi connectivity index (χ1) is 12.0. The lowest BCUT2D eigenvalue weighted by molar-refractivity contribution is -0.114. The Kier molecular flexibility index (Phi) is 4.57. The molecule has 0 aliphatic carbocycles. The Balaban J connectivity index is 1.93. The Hall–Kier alpha value is -3.08. The van der Waals surface area contributed by atoms with Crippen LogP contribution >= 0.6 is 0 Å². The second kappa shape index (κ2) is 6.81. The number of benzene rings is 2. The largest absolute Gasteiger partial charge is 0.504 e. The highest BCUT2D eigenvalue weighted by Gasteiger charge is 2.28. The van der Waals surface area contributed by atoms with Gasteiger partial charge in [-0.25, -0.2) is 0 Å². The van der Waals surface area contributed by atoms with Gasteiger partial charge in [0.2, 0.25) is 0 Å². The highest BCUT2D eigenvalue weighted by molar-refractivity contribution is 6.32. The highest BCUT2D eigenvalue weighted by Crippen LogP contribution is 2.30. The molecule has 1 aliphatic rings. The summed E-state index contributed by atoms with van der Waals surface area (Å²) in [6.45, 7) is 6.09. The van der Waals surface area contributed by atoms with Gasteiger partial charge in [-0.05, 0) is 62.2 Å². The molecule has 0 unspecified atom stereocenters. The number of hydrazone groups is 1. The third kappa shape index (κ3) is 3.40. The molecule has 25 heavy (non-hydrogen) atoms. The molecule has 0 spiro atoms. The maximum absolute atomic E-state index is 12.8. The van der Waals surface area contributed by atoms with Crippen LogP contribution in [0.2, 0.25) is 0 Å². The molecule has 1 amide bonds. The van der Waals surface area contributed by atoms with Crippen molar-refractivity contribution in [2.75, 3.05) is 11.6 Å². The SMILES string of the molecule is CCOc1cc(/C=C2\C(=O)N(c3cccc(C)c3)N=C2C)ccc1O. The fourth-order valence-electron chi connectivity index (χ4n) is 2.68. The summed E-state index contributed by atoms with van der Waals surface area (Å²) >= 11 is 0. The number of nitrogens with zero attached hydrogens (tertiary/aromatic N) is 2. The van der Waals surface area contributed by atoms with Crippen molar-refractivity contribution in [2.24, 2.45) is 5.10 Å². The molecule has 1 heterocycles. The van der Waals surface area contributed by atoms with E-state index in [0.717, 1.165) is 16.8 Å². The number of phenols is 1. The van der Waals surface area contributed by atoms with Crippen molar-refractivity contribution in [3.05, 3.63) is 59.2 Å². The van der Waals surface area contributed by atoms with E-state index in [2.05, 4.69) is 5.10 Å². The van der Waals surface area contributed by atoms with Crippen molar-refractivity contribution in [3.8, 4) is 11.5 Å². The molecule has 0 fully saturated rings. The Morgan fingerprint density at radius 1 is 1.20 bits per heavy atom. The Morgan fingerprint density at radius 3 is 2.72 bits per heavy atom. The van der Waals surface area contributed by atoms with Crippen LogP contribution in [0.5, 0.6) is 11.5 Å². The number of phenolic OH excluding ortho intramolecular Hbond substituents is 1. The van der Waals surface area contributed by atoms with E-state index in [0.29, 0.717) is 23.6 Å². The molecule has 5 heteroatoms. The molecule has 0 saturated carbocycles. The van der Waals surface area contributed by atoms with Gasteiger partial charge in [0.25, 0.3) is 5.91 Å². The van der Waals surface area contributed by atoms with Crippen molar-refractivity contribution in [1.29, 1.82) is 0 Å². The maximum atomic E-state index is 12.8. The lowest BCUT2D eigenvalue weighted by Crippen LogP contribution is -2.21. The second-order valence-electron chi connectivity index (χ2n) is 5.86. The van der Waals surface area contributed by atoms with Gasteiger partial charge in [-0.3, -0.25) is 4.79 Å². The van der Waals surface area contributed by atoms with E-state index in [-0.39, 0.29) is 11.7 Å². The van der Waals surface area contributed by atoms with Crippen LogP contribution < -0.4 is 9.75 Å². The van der Waals surface area contributed by atoms with E-state index in [1.807, 2.05) is 45.0 Å². The van der Waals surface area contributed by atoms with Crippen molar-refractivity contribution < 1.29 is 14.6 Å². The van der Waals surface area contributed by atoms with E-state index in [4.69, 9.17) is 4.74 Å². The molecule has 128 valence electrons. The minimum absolute atomic E-state index is 0.0773. The number of carbonyl (C=O) groups excluding carboxylic acids is 1. The zero-order valence-corrected chi connectivity index (χ0v) is 14.5. The Bertz CT molecular complexity index is 884. The minimum atomic E-state index is -0.172. The van der Waals surface area contributed by atoms with Crippen LogP contribution in [0.1, 0.15) is 25.0 Å². The second-order valence-corrected chi connectivity index (χ2v) is 5.86. The average molecular weight is 336 g/mol. The molecular formula is C20H20N2O3. The summed E-state index contributed by atoms with van der Waals surface area (Å²) in [5.41, 5.74) is 3.75. The molecule has 0 bridgehead atoms. The van der Waals surface area contributed by atoms with Crippen LogP contribution in [0.15, 0.2) is 53.1 Å². The van der Waals surface area contributed by atoms with E-state index in [1.54, 1.807) is 24.3 Å². The van der Waals surface area contributed by atoms with Crippen molar-refractivity contribution in [3.63, 3.8) is 0 Å². The zero-order valence-electron chi connectivity index (χ0n) is 14.5. The van der Waals surface area contributed by atoms with Crippen molar-refractivity contribution in [2.45, 2.75) is 20.8 Å². The smallest absolute Gasteiger partial charge is 0.280 e. The molecule has 0 aromatic heterocycles. The first kappa shape index (κ1) is 16.8. The summed E-state index contributed by atoms with van der Waals surface area (Å²) in [6.07, 6.45) is 1.76. The molecule has 5 nitrogen and oxygen atoms in total. The van der Waals surface area contributed by atoms with E-state index in [9.17, 15) is 9.90 Å². The topological polar surface area (TPSA) is 62.1 Å². The van der Waals surface area contributed by atoms with Crippen LogP contribution in [0.3, 0.4) is 0 Å². The molecular weight excluding hydrogens is 316 g/mol. The lowest BCUT2D eigenvalue weighted by Gasteiger charge is -2.12. The molecule has 2 aromatic carbocycles. The summed E-state index contributed by atoms with van der Waals surface area (Å²) in [7, 11) is 0. The van der Waals surface area contributed by atoms with Gasteiger partial charge in [-0.15, -0.1) is 0 Å². The quantitative estimate of drug-likeness (QED) is 0.861. The normalized spacial score (nSPS) is 15.6. The Labute approximate surface area is 146 Å². The number of rotatable bonds is 4. The first-order valence-corrected chi connectivity index (χ1v) is 8.14. The van der Waals surface area contributed by atoms with Crippen molar-refractivity contribution in [1.82, 2.24) is 0 Å². The van der Waals surface area contributed by atoms with Gasteiger partial charge in [0, 0.05) is 0 Å². The van der Waals surface area contributed by atoms with Gasteiger partial charge in [0.15, 0.2) is 11.5 Å². The van der Waals surface area contributed by atoms with E-state index < -0.39 is 0 Å². The van der Waals surface area contributed by atoms with Gasteiger partial charge in [0.1, 0.15) is 0 Å². The fraction of sp³-hybridized carbons (Fsp3) is 0.200. The molecule has 0 radical (unpaired) electrons. The predicted molar refractivity (Wildman–Crippen MR) is 99.0 cm³/mol. The number of hydrogen-bond donors (Lipinski definition) is 1. The van der Waals surface area contributed by atoms with Crippen LogP contribution in [-0.2, 0) is 4.79 Å². The molecule has 0 atom stereocenters. The van der Waals surface area contributed by atoms with Gasteiger partial charge < -0.3 is 9.84 Å². The van der Waals surface area contributed by atoms with Crippen molar-refractivity contribution >= 4 is 23.4 Å². The monoisotopic (exact) mass is 336 g/mol. The third-order valence-electron chi connectivity index (χ3n) is 3.90. The molecule has 1 N–H and O–H groups in total. The molecule has 1 aliphatic heterocycles. The number of aromatic hydroxyl groups is 1. The van der Waals surface area contributed by atoms with Gasteiger partial charge in [0.05, 0.1) is 23.6 Å². The third-order valence-corrected chi connectivity index (χ3v) is 3.90. The van der Waals surface area contributed by atoms with E-state index >= 15 is 0 Å². The van der Waals surface area contributed by atoms with Crippen LogP contribution in [-0.4, -0.2) is 23.3 Å². The minimum Gasteiger partial charge on any atom is -0.504 e. The Morgan fingerprint density at radius 2 is 2.00 bits per heavy atom.